The molecule has 0 fully saturated rings. The van der Waals surface area contributed by atoms with Crippen LogP contribution < -0.4 is 5.43 Å². The van der Waals surface area contributed by atoms with E-state index in [0.29, 0.717) is 0 Å². The fourth-order valence-corrected chi connectivity index (χ4v) is 2.58. The lowest BCUT2D eigenvalue weighted by Gasteiger charge is -2.09. The van der Waals surface area contributed by atoms with Gasteiger partial charge in [0.2, 0.25) is 5.43 Å². The Morgan fingerprint density at radius 2 is 2.20 bits per heavy atom. The minimum absolute atomic E-state index is 0.108. The Bertz CT molecular complexity index is 577. The zero-order valence-corrected chi connectivity index (χ0v) is 11.9. The number of benzene rings is 1. The predicted molar refractivity (Wildman–Crippen MR) is 74.3 cm³/mol. The molecule has 0 saturated heterocycles. The largest absolute Gasteiger partial charge is 0.346 e. The molecule has 0 aliphatic rings. The van der Waals surface area contributed by atoms with Crippen LogP contribution in [-0.4, -0.2) is 4.57 Å². The van der Waals surface area contributed by atoms with E-state index in [2.05, 4.69) is 50.0 Å². The standard InChI is InChI=1S/C11H9BrINO/c1-2-14-6-9(13)11(15)8-5-7(12)3-4-10(8)14/h3-6H,2H2,1H3. The highest BCUT2D eigenvalue weighted by Crippen LogP contribution is 2.18. The van der Waals surface area contributed by atoms with Gasteiger partial charge >= 0.3 is 0 Å². The maximum atomic E-state index is 11.9. The van der Waals surface area contributed by atoms with Gasteiger partial charge in [-0.15, -0.1) is 0 Å². The maximum absolute atomic E-state index is 11.9. The molecule has 2 aromatic rings. The van der Waals surface area contributed by atoms with E-state index < -0.39 is 0 Å². The van der Waals surface area contributed by atoms with Gasteiger partial charge in [0.05, 0.1) is 9.09 Å². The molecule has 4 heteroatoms. The first kappa shape index (κ1) is 11.1. The van der Waals surface area contributed by atoms with Crippen LogP contribution in [0.15, 0.2) is 33.7 Å². The summed E-state index contributed by atoms with van der Waals surface area (Å²) in [5.74, 6) is 0. The molecule has 0 saturated carbocycles. The van der Waals surface area contributed by atoms with E-state index >= 15 is 0 Å². The third-order valence-electron chi connectivity index (χ3n) is 2.34. The third kappa shape index (κ3) is 1.97. The molecule has 0 spiro atoms. The first-order valence-corrected chi connectivity index (χ1v) is 6.49. The molecule has 0 aliphatic carbocycles. The van der Waals surface area contributed by atoms with Gasteiger partial charge in [-0.3, -0.25) is 4.79 Å². The quantitative estimate of drug-likeness (QED) is 0.698. The second-order valence-electron chi connectivity index (χ2n) is 3.25. The molecule has 0 atom stereocenters. The van der Waals surface area contributed by atoms with Gasteiger partial charge in [-0.25, -0.2) is 0 Å². The molecule has 0 radical (unpaired) electrons. The molecule has 1 aromatic heterocycles. The van der Waals surface area contributed by atoms with E-state index in [1.165, 1.54) is 0 Å². The van der Waals surface area contributed by atoms with Crippen molar-refractivity contribution < 1.29 is 0 Å². The first-order valence-electron chi connectivity index (χ1n) is 4.61. The van der Waals surface area contributed by atoms with Crippen molar-refractivity contribution in [1.29, 1.82) is 0 Å². The number of aromatic nitrogens is 1. The highest BCUT2D eigenvalue weighted by atomic mass is 127. The topological polar surface area (TPSA) is 22.0 Å². The number of hydrogen-bond donors (Lipinski definition) is 0. The van der Waals surface area contributed by atoms with Crippen LogP contribution in [0.1, 0.15) is 6.92 Å². The maximum Gasteiger partial charge on any atom is 0.202 e. The fourth-order valence-electron chi connectivity index (χ4n) is 1.60. The van der Waals surface area contributed by atoms with Crippen molar-refractivity contribution in [2.75, 3.05) is 0 Å². The molecule has 1 heterocycles. The minimum atomic E-state index is 0.108. The van der Waals surface area contributed by atoms with Gasteiger partial charge in [-0.1, -0.05) is 15.9 Å². The Balaban J connectivity index is 2.96. The molecule has 1 aromatic carbocycles. The monoisotopic (exact) mass is 377 g/mol. The zero-order chi connectivity index (χ0) is 11.0. The Morgan fingerprint density at radius 1 is 1.47 bits per heavy atom. The lowest BCUT2D eigenvalue weighted by atomic mass is 10.2. The molecule has 78 valence electrons. The van der Waals surface area contributed by atoms with Crippen molar-refractivity contribution in [3.8, 4) is 0 Å². The molecule has 0 unspecified atom stereocenters. The summed E-state index contributed by atoms with van der Waals surface area (Å²) in [4.78, 5) is 11.9. The van der Waals surface area contributed by atoms with Crippen LogP contribution in [0.3, 0.4) is 0 Å². The van der Waals surface area contributed by atoms with E-state index in [1.54, 1.807) is 0 Å². The van der Waals surface area contributed by atoms with E-state index in [-0.39, 0.29) is 5.43 Å². The normalized spacial score (nSPS) is 10.9. The van der Waals surface area contributed by atoms with Crippen molar-refractivity contribution in [3.63, 3.8) is 0 Å². The van der Waals surface area contributed by atoms with Gasteiger partial charge in [0.25, 0.3) is 0 Å². The molecule has 0 bridgehead atoms. The lowest BCUT2D eigenvalue weighted by Crippen LogP contribution is -2.11. The Labute approximate surface area is 110 Å². The van der Waals surface area contributed by atoms with Crippen LogP contribution in [0.25, 0.3) is 10.9 Å². The Morgan fingerprint density at radius 3 is 2.87 bits per heavy atom. The van der Waals surface area contributed by atoms with Gasteiger partial charge in [0.1, 0.15) is 0 Å². The van der Waals surface area contributed by atoms with E-state index in [0.717, 1.165) is 25.5 Å². The highest BCUT2D eigenvalue weighted by molar-refractivity contribution is 14.1. The van der Waals surface area contributed by atoms with Crippen LogP contribution in [-0.2, 0) is 6.54 Å². The van der Waals surface area contributed by atoms with Crippen molar-refractivity contribution >= 4 is 49.4 Å². The summed E-state index contributed by atoms with van der Waals surface area (Å²) in [7, 11) is 0. The van der Waals surface area contributed by atoms with Gasteiger partial charge in [0.15, 0.2) is 0 Å². The minimum Gasteiger partial charge on any atom is -0.346 e. The fraction of sp³-hybridized carbons (Fsp3) is 0.182. The Kier molecular flexibility index (Phi) is 3.16. The smallest absolute Gasteiger partial charge is 0.202 e. The van der Waals surface area contributed by atoms with Crippen molar-refractivity contribution in [2.24, 2.45) is 0 Å². The Hall–Kier alpha value is -0.360. The van der Waals surface area contributed by atoms with E-state index in [9.17, 15) is 4.79 Å². The van der Waals surface area contributed by atoms with Crippen LogP contribution in [0.5, 0.6) is 0 Å². The molecule has 0 N–H and O–H groups in total. The molecule has 2 rings (SSSR count). The van der Waals surface area contributed by atoms with Crippen molar-refractivity contribution in [3.05, 3.63) is 42.7 Å². The van der Waals surface area contributed by atoms with Gasteiger partial charge in [0, 0.05) is 22.6 Å². The summed E-state index contributed by atoms with van der Waals surface area (Å²) in [5, 5.41) is 0.776. The second kappa shape index (κ2) is 4.25. The molecule has 0 aliphatic heterocycles. The van der Waals surface area contributed by atoms with Crippen LogP contribution in [0, 0.1) is 3.57 Å². The average Bonchev–Trinajstić information content (AvgIpc) is 2.23. The number of aryl methyl sites for hydroxylation is 1. The number of hydrogen-bond acceptors (Lipinski definition) is 1. The summed E-state index contributed by atoms with van der Waals surface area (Å²) in [6.07, 6.45) is 1.90. The van der Waals surface area contributed by atoms with Crippen LogP contribution in [0.4, 0.5) is 0 Å². The molecule has 15 heavy (non-hydrogen) atoms. The summed E-state index contributed by atoms with van der Waals surface area (Å²) in [6, 6.07) is 5.81. The van der Waals surface area contributed by atoms with Gasteiger partial charge in [-0.05, 0) is 47.7 Å². The second-order valence-corrected chi connectivity index (χ2v) is 5.33. The highest BCUT2D eigenvalue weighted by Gasteiger charge is 2.06. The number of fused-ring (bicyclic) bond motifs is 1. The summed E-state index contributed by atoms with van der Waals surface area (Å²) in [6.45, 7) is 2.94. The third-order valence-corrected chi connectivity index (χ3v) is 3.60. The molecular formula is C11H9BrINO. The number of pyridine rings is 1. The zero-order valence-electron chi connectivity index (χ0n) is 8.13. The van der Waals surface area contributed by atoms with Crippen molar-refractivity contribution in [1.82, 2.24) is 4.57 Å². The van der Waals surface area contributed by atoms with E-state index in [1.807, 2.05) is 24.4 Å². The predicted octanol–water partition coefficient (Wildman–Crippen LogP) is 3.39. The van der Waals surface area contributed by atoms with E-state index in [4.69, 9.17) is 0 Å². The average molecular weight is 378 g/mol. The van der Waals surface area contributed by atoms with Gasteiger partial charge in [-0.2, -0.15) is 0 Å². The summed E-state index contributed by atoms with van der Waals surface area (Å²) in [5.41, 5.74) is 1.10. The lowest BCUT2D eigenvalue weighted by molar-refractivity contribution is 0.784. The van der Waals surface area contributed by atoms with Crippen LogP contribution in [0.2, 0.25) is 0 Å². The SMILES string of the molecule is CCn1cc(I)c(=O)c2cc(Br)ccc21. The number of nitrogens with zero attached hydrogens (tertiary/aromatic N) is 1. The van der Waals surface area contributed by atoms with Gasteiger partial charge < -0.3 is 4.57 Å². The molecular weight excluding hydrogens is 369 g/mol. The van der Waals surface area contributed by atoms with Crippen molar-refractivity contribution in [2.45, 2.75) is 13.5 Å². The summed E-state index contributed by atoms with van der Waals surface area (Å²) < 4.78 is 3.79. The number of rotatable bonds is 1. The molecule has 0 amide bonds. The summed E-state index contributed by atoms with van der Waals surface area (Å²) >= 11 is 5.47. The number of halogens is 2. The van der Waals surface area contributed by atoms with Crippen LogP contribution >= 0.6 is 38.5 Å². The first-order chi connectivity index (χ1) is 7.13. The molecule has 2 nitrogen and oxygen atoms in total.